The molecule has 126 valence electrons. The summed E-state index contributed by atoms with van der Waals surface area (Å²) in [6, 6.07) is 11.5. The second kappa shape index (κ2) is 5.73. The van der Waals surface area contributed by atoms with Gasteiger partial charge < -0.3 is 14.4 Å². The minimum atomic E-state index is -0.0753. The summed E-state index contributed by atoms with van der Waals surface area (Å²) < 4.78 is 2.03. The average molecular weight is 333 g/mol. The lowest BCUT2D eigenvalue weighted by Gasteiger charge is -2.23. The number of aromatic nitrogens is 3. The summed E-state index contributed by atoms with van der Waals surface area (Å²) in [6.45, 7) is 2.70. The van der Waals surface area contributed by atoms with Gasteiger partial charge in [-0.2, -0.15) is 0 Å². The summed E-state index contributed by atoms with van der Waals surface area (Å²) in [7, 11) is 3.77. The van der Waals surface area contributed by atoms with Crippen LogP contribution in [-0.2, 0) is 7.05 Å². The predicted molar refractivity (Wildman–Crippen MR) is 98.3 cm³/mol. The van der Waals surface area contributed by atoms with Crippen LogP contribution in [-0.4, -0.2) is 34.0 Å². The highest BCUT2D eigenvalue weighted by Crippen LogP contribution is 2.38. The van der Waals surface area contributed by atoms with Crippen molar-refractivity contribution < 1.29 is 4.79 Å². The van der Waals surface area contributed by atoms with Crippen LogP contribution in [0.4, 0.5) is 17.3 Å². The van der Waals surface area contributed by atoms with Crippen molar-refractivity contribution in [2.24, 2.45) is 7.05 Å². The maximum atomic E-state index is 12.9. The summed E-state index contributed by atoms with van der Waals surface area (Å²) in [6.07, 6.45) is 3.70. The van der Waals surface area contributed by atoms with E-state index in [9.17, 15) is 4.79 Å². The molecule has 0 spiro atoms. The van der Waals surface area contributed by atoms with Gasteiger partial charge in [-0.15, -0.1) is 0 Å². The van der Waals surface area contributed by atoms with Crippen molar-refractivity contribution in [1.82, 2.24) is 14.5 Å². The molecule has 0 fully saturated rings. The smallest absolute Gasteiger partial charge is 0.261 e. The topological polar surface area (TPSA) is 54.3 Å². The molecule has 4 rings (SSSR count). The first-order valence-electron chi connectivity index (χ1n) is 8.25. The maximum absolute atomic E-state index is 12.9. The molecule has 4 heterocycles. The van der Waals surface area contributed by atoms with E-state index in [-0.39, 0.29) is 5.91 Å². The van der Waals surface area contributed by atoms with Crippen molar-refractivity contribution in [3.05, 3.63) is 54.4 Å². The number of anilines is 3. The summed E-state index contributed by atoms with van der Waals surface area (Å²) in [5.74, 6) is 1.32. The Hall–Kier alpha value is -3.15. The first-order chi connectivity index (χ1) is 12.1. The van der Waals surface area contributed by atoms with E-state index in [1.165, 1.54) is 0 Å². The van der Waals surface area contributed by atoms with Gasteiger partial charge in [0.2, 0.25) is 0 Å². The molecule has 0 aromatic carbocycles. The lowest BCUT2D eigenvalue weighted by atomic mass is 10.2. The van der Waals surface area contributed by atoms with E-state index in [0.29, 0.717) is 17.9 Å². The lowest BCUT2D eigenvalue weighted by Crippen LogP contribution is -2.25. The largest absolute Gasteiger partial charge is 0.349 e. The third-order valence-electron chi connectivity index (χ3n) is 4.57. The number of hydrogen-bond acceptors (Lipinski definition) is 4. The van der Waals surface area contributed by atoms with Gasteiger partial charge in [0.15, 0.2) is 5.82 Å². The molecule has 3 aromatic rings. The molecule has 0 aliphatic carbocycles. The molecule has 1 amide bonds. The van der Waals surface area contributed by atoms with E-state index < -0.39 is 0 Å². The van der Waals surface area contributed by atoms with Crippen molar-refractivity contribution in [2.45, 2.75) is 6.92 Å². The van der Waals surface area contributed by atoms with Gasteiger partial charge in [-0.25, -0.2) is 9.97 Å². The molecule has 1 aliphatic rings. The zero-order valence-corrected chi connectivity index (χ0v) is 14.5. The number of pyridine rings is 2. The molecule has 3 aromatic heterocycles. The molecule has 0 bridgehead atoms. The third-order valence-corrected chi connectivity index (χ3v) is 4.57. The maximum Gasteiger partial charge on any atom is 0.261 e. The molecular weight excluding hydrogens is 314 g/mol. The van der Waals surface area contributed by atoms with Crippen molar-refractivity contribution in [1.29, 1.82) is 0 Å². The summed E-state index contributed by atoms with van der Waals surface area (Å²) in [5, 5.41) is 0. The summed E-state index contributed by atoms with van der Waals surface area (Å²) in [5.41, 5.74) is 3.26. The van der Waals surface area contributed by atoms with Crippen LogP contribution >= 0.6 is 0 Å². The van der Waals surface area contributed by atoms with Gasteiger partial charge in [0.05, 0.1) is 22.6 Å². The average Bonchev–Trinajstić information content (AvgIpc) is 3.04. The molecular formula is C19H19N5O. The second-order valence-electron chi connectivity index (χ2n) is 6.03. The van der Waals surface area contributed by atoms with E-state index in [1.54, 1.807) is 24.2 Å². The quantitative estimate of drug-likeness (QED) is 0.722. The molecule has 0 unspecified atom stereocenters. The summed E-state index contributed by atoms with van der Waals surface area (Å²) in [4.78, 5) is 25.8. The number of carbonyl (C=O) groups excluding carboxylic acids is 1. The van der Waals surface area contributed by atoms with Gasteiger partial charge in [-0.05, 0) is 43.3 Å². The standard InChI is InChI=1S/C19H19N5O/c1-4-24-17-13(7-5-11-20-17)19(25)23(3)16-10-9-14(21-18(16)24)15-8-6-12-22(15)2/h5-12H,4H2,1-3H3. The molecule has 0 saturated heterocycles. The van der Waals surface area contributed by atoms with Gasteiger partial charge in [0.1, 0.15) is 5.82 Å². The first kappa shape index (κ1) is 15.4. The van der Waals surface area contributed by atoms with Crippen molar-refractivity contribution >= 4 is 23.2 Å². The Bertz CT molecular complexity index is 962. The highest BCUT2D eigenvalue weighted by Gasteiger charge is 2.30. The van der Waals surface area contributed by atoms with E-state index in [1.807, 2.05) is 60.0 Å². The molecule has 0 radical (unpaired) electrons. The first-order valence-corrected chi connectivity index (χ1v) is 8.25. The summed E-state index contributed by atoms with van der Waals surface area (Å²) >= 11 is 0. The van der Waals surface area contributed by atoms with Crippen LogP contribution < -0.4 is 9.80 Å². The fourth-order valence-corrected chi connectivity index (χ4v) is 3.24. The Kier molecular flexibility index (Phi) is 3.53. The highest BCUT2D eigenvalue weighted by atomic mass is 16.2. The molecule has 0 saturated carbocycles. The van der Waals surface area contributed by atoms with E-state index in [2.05, 4.69) is 4.98 Å². The Morgan fingerprint density at radius 3 is 2.60 bits per heavy atom. The third kappa shape index (κ3) is 2.29. The monoisotopic (exact) mass is 333 g/mol. The van der Waals surface area contributed by atoms with Crippen LogP contribution in [0.25, 0.3) is 11.4 Å². The number of amides is 1. The van der Waals surface area contributed by atoms with Crippen LogP contribution in [0.15, 0.2) is 48.8 Å². The van der Waals surface area contributed by atoms with Crippen LogP contribution in [0, 0.1) is 0 Å². The van der Waals surface area contributed by atoms with Gasteiger partial charge in [0, 0.05) is 33.0 Å². The molecule has 6 nitrogen and oxygen atoms in total. The van der Waals surface area contributed by atoms with Gasteiger partial charge >= 0.3 is 0 Å². The molecule has 6 heteroatoms. The Labute approximate surface area is 146 Å². The van der Waals surface area contributed by atoms with Gasteiger partial charge in [0.25, 0.3) is 5.91 Å². The van der Waals surface area contributed by atoms with E-state index in [0.717, 1.165) is 22.9 Å². The number of aryl methyl sites for hydroxylation is 1. The predicted octanol–water partition coefficient (Wildman–Crippen LogP) is 3.23. The zero-order chi connectivity index (χ0) is 17.6. The zero-order valence-electron chi connectivity index (χ0n) is 14.5. The van der Waals surface area contributed by atoms with Crippen molar-refractivity contribution in [3.63, 3.8) is 0 Å². The fraction of sp³-hybridized carbons (Fsp3) is 0.211. The van der Waals surface area contributed by atoms with E-state index >= 15 is 0 Å². The Morgan fingerprint density at radius 1 is 1.04 bits per heavy atom. The lowest BCUT2D eigenvalue weighted by molar-refractivity contribution is 0.0994. The Balaban J connectivity index is 1.96. The molecule has 0 N–H and O–H groups in total. The molecule has 1 aliphatic heterocycles. The number of hydrogen-bond donors (Lipinski definition) is 0. The van der Waals surface area contributed by atoms with Gasteiger partial charge in [-0.3, -0.25) is 4.79 Å². The fourth-order valence-electron chi connectivity index (χ4n) is 3.24. The minimum absolute atomic E-state index is 0.0753. The number of rotatable bonds is 2. The van der Waals surface area contributed by atoms with Crippen LogP contribution in [0.2, 0.25) is 0 Å². The normalized spacial score (nSPS) is 13.5. The second-order valence-corrected chi connectivity index (χ2v) is 6.03. The highest BCUT2D eigenvalue weighted by molar-refractivity contribution is 6.12. The van der Waals surface area contributed by atoms with E-state index in [4.69, 9.17) is 4.98 Å². The van der Waals surface area contributed by atoms with Crippen molar-refractivity contribution in [3.8, 4) is 11.4 Å². The minimum Gasteiger partial charge on any atom is -0.349 e. The number of fused-ring (bicyclic) bond motifs is 2. The number of carbonyl (C=O) groups is 1. The van der Waals surface area contributed by atoms with Crippen LogP contribution in [0.1, 0.15) is 17.3 Å². The van der Waals surface area contributed by atoms with Crippen molar-refractivity contribution in [2.75, 3.05) is 23.4 Å². The molecule has 25 heavy (non-hydrogen) atoms. The Morgan fingerprint density at radius 2 is 1.88 bits per heavy atom. The van der Waals surface area contributed by atoms with Crippen LogP contribution in [0.5, 0.6) is 0 Å². The molecule has 0 atom stereocenters. The number of nitrogens with zero attached hydrogens (tertiary/aromatic N) is 5. The van der Waals surface area contributed by atoms with Crippen LogP contribution in [0.3, 0.4) is 0 Å². The van der Waals surface area contributed by atoms with Gasteiger partial charge in [-0.1, -0.05) is 0 Å². The SMILES string of the molecule is CCN1c2ncccc2C(=O)N(C)c2ccc(-c3cccn3C)nc21.